The normalized spacial score (nSPS) is 11.4. The molecule has 0 N–H and O–H groups in total. The summed E-state index contributed by atoms with van der Waals surface area (Å²) < 4.78 is 1.11. The third kappa shape index (κ3) is 4.37. The van der Waals surface area contributed by atoms with Crippen LogP contribution in [-0.2, 0) is 11.2 Å². The van der Waals surface area contributed by atoms with Gasteiger partial charge in [-0.2, -0.15) is 0 Å². The summed E-state index contributed by atoms with van der Waals surface area (Å²) in [5, 5.41) is 3.09. The van der Waals surface area contributed by atoms with Crippen molar-refractivity contribution in [2.45, 2.75) is 20.3 Å². The van der Waals surface area contributed by atoms with E-state index in [1.807, 2.05) is 41.3 Å². The highest BCUT2D eigenvalue weighted by atomic mass is 32.1. The second kappa shape index (κ2) is 9.37. The summed E-state index contributed by atoms with van der Waals surface area (Å²) in [6.45, 7) is 7.74. The Balaban J connectivity index is 1.64. The van der Waals surface area contributed by atoms with E-state index in [0.29, 0.717) is 13.0 Å². The zero-order valence-corrected chi connectivity index (χ0v) is 18.4. The summed E-state index contributed by atoms with van der Waals surface area (Å²) in [7, 11) is 0. The largest absolute Gasteiger partial charge is 0.302 e. The van der Waals surface area contributed by atoms with Gasteiger partial charge < -0.3 is 4.90 Å². The average Bonchev–Trinajstić information content (AvgIpc) is 3.21. The summed E-state index contributed by atoms with van der Waals surface area (Å²) in [6, 6.07) is 22.5. The van der Waals surface area contributed by atoms with Gasteiger partial charge in [0.25, 0.3) is 0 Å². The first-order valence-electron chi connectivity index (χ1n) is 10.5. The second-order valence-electron chi connectivity index (χ2n) is 7.35. The fourth-order valence-electron chi connectivity index (χ4n) is 3.79. The smallest absolute Gasteiger partial charge is 0.233 e. The number of amides is 1. The fourth-order valence-corrected chi connectivity index (χ4v) is 4.80. The van der Waals surface area contributed by atoms with Gasteiger partial charge in [-0.25, -0.2) is 4.98 Å². The van der Waals surface area contributed by atoms with Crippen molar-refractivity contribution in [1.82, 2.24) is 9.88 Å². The monoisotopic (exact) mass is 417 g/mol. The topological polar surface area (TPSA) is 36.4 Å². The third-order valence-electron chi connectivity index (χ3n) is 5.57. The van der Waals surface area contributed by atoms with Gasteiger partial charge in [0.15, 0.2) is 5.13 Å². The van der Waals surface area contributed by atoms with Crippen molar-refractivity contribution in [2.24, 2.45) is 0 Å². The fraction of sp³-hybridized carbons (Fsp3) is 0.280. The highest BCUT2D eigenvalue weighted by Crippen LogP contribution is 2.29. The van der Waals surface area contributed by atoms with E-state index in [0.717, 1.165) is 51.3 Å². The van der Waals surface area contributed by atoms with Crippen molar-refractivity contribution in [1.29, 1.82) is 0 Å². The number of thiazole rings is 1. The number of carbonyl (C=O) groups excluding carboxylic acids is 1. The zero-order valence-electron chi connectivity index (χ0n) is 17.5. The molecule has 0 radical (unpaired) electrons. The lowest BCUT2D eigenvalue weighted by Gasteiger charge is -2.25. The molecule has 4 nitrogen and oxygen atoms in total. The minimum Gasteiger partial charge on any atom is -0.302 e. The molecule has 0 fully saturated rings. The van der Waals surface area contributed by atoms with Gasteiger partial charge in [-0.05, 0) is 41.6 Å². The van der Waals surface area contributed by atoms with Crippen LogP contribution >= 0.6 is 11.3 Å². The quantitative estimate of drug-likeness (QED) is 0.387. The lowest BCUT2D eigenvalue weighted by Crippen LogP contribution is -2.39. The summed E-state index contributed by atoms with van der Waals surface area (Å²) in [5.41, 5.74) is 2.01. The Kier molecular flexibility index (Phi) is 6.41. The Morgan fingerprint density at radius 3 is 2.43 bits per heavy atom. The summed E-state index contributed by atoms with van der Waals surface area (Å²) in [5.74, 6) is 0.0950. The Labute approximate surface area is 181 Å². The molecule has 0 atom stereocenters. The van der Waals surface area contributed by atoms with E-state index >= 15 is 0 Å². The standard InChI is InChI=1S/C25H27N3OS/c1-3-27(4-2)16-17-28(25-26-22-14-7-8-15-23(22)30-25)24(29)18-20-12-9-11-19-10-5-6-13-21(19)20/h5-15H,3-4,16-18H2,1-2H3. The molecule has 0 unspecified atom stereocenters. The summed E-state index contributed by atoms with van der Waals surface area (Å²) in [4.78, 5) is 22.5. The average molecular weight is 418 g/mol. The van der Waals surface area contributed by atoms with Crippen LogP contribution in [0.3, 0.4) is 0 Å². The minimum absolute atomic E-state index is 0.0950. The SMILES string of the molecule is CCN(CC)CCN(C(=O)Cc1cccc2ccccc12)c1nc2ccccc2s1. The number of aromatic nitrogens is 1. The molecule has 0 saturated heterocycles. The van der Waals surface area contributed by atoms with Crippen LogP contribution < -0.4 is 4.90 Å². The molecule has 5 heteroatoms. The number of hydrogen-bond acceptors (Lipinski definition) is 4. The number of benzene rings is 3. The van der Waals surface area contributed by atoms with Gasteiger partial charge in [-0.15, -0.1) is 0 Å². The van der Waals surface area contributed by atoms with Crippen LogP contribution in [0.2, 0.25) is 0 Å². The van der Waals surface area contributed by atoms with E-state index in [2.05, 4.69) is 49.1 Å². The number of likely N-dealkylation sites (N-methyl/N-ethyl adjacent to an activating group) is 1. The van der Waals surface area contributed by atoms with Gasteiger partial charge in [0.2, 0.25) is 5.91 Å². The first-order valence-corrected chi connectivity index (χ1v) is 11.4. The van der Waals surface area contributed by atoms with Crippen molar-refractivity contribution >= 4 is 43.4 Å². The van der Waals surface area contributed by atoms with E-state index in [9.17, 15) is 4.79 Å². The summed E-state index contributed by atoms with van der Waals surface area (Å²) in [6.07, 6.45) is 0.371. The first kappa shape index (κ1) is 20.5. The maximum absolute atomic E-state index is 13.5. The van der Waals surface area contributed by atoms with Gasteiger partial charge in [0, 0.05) is 13.1 Å². The van der Waals surface area contributed by atoms with E-state index < -0.39 is 0 Å². The Morgan fingerprint density at radius 1 is 0.900 bits per heavy atom. The van der Waals surface area contributed by atoms with E-state index in [1.165, 1.54) is 0 Å². The number of fused-ring (bicyclic) bond motifs is 2. The maximum Gasteiger partial charge on any atom is 0.233 e. The molecule has 1 amide bonds. The van der Waals surface area contributed by atoms with Crippen LogP contribution in [0.15, 0.2) is 66.7 Å². The molecule has 0 aliphatic carbocycles. The molecular formula is C25H27N3OS. The van der Waals surface area contributed by atoms with Gasteiger partial charge in [0.1, 0.15) is 0 Å². The molecule has 30 heavy (non-hydrogen) atoms. The van der Waals surface area contributed by atoms with Crippen LogP contribution in [0.25, 0.3) is 21.0 Å². The Bertz CT molecular complexity index is 1110. The highest BCUT2D eigenvalue weighted by Gasteiger charge is 2.21. The minimum atomic E-state index is 0.0950. The van der Waals surface area contributed by atoms with Crippen LogP contribution in [-0.4, -0.2) is 42.0 Å². The molecular weight excluding hydrogens is 390 g/mol. The van der Waals surface area contributed by atoms with Crippen molar-refractivity contribution in [3.05, 3.63) is 72.3 Å². The molecule has 1 aromatic heterocycles. The van der Waals surface area contributed by atoms with E-state index in [1.54, 1.807) is 11.3 Å². The molecule has 4 rings (SSSR count). The predicted octanol–water partition coefficient (Wildman–Crippen LogP) is 5.37. The van der Waals surface area contributed by atoms with Crippen molar-refractivity contribution < 1.29 is 4.79 Å². The number of anilines is 1. The van der Waals surface area contributed by atoms with Crippen molar-refractivity contribution in [3.8, 4) is 0 Å². The predicted molar refractivity (Wildman–Crippen MR) is 127 cm³/mol. The molecule has 0 aliphatic heterocycles. The number of nitrogens with zero attached hydrogens (tertiary/aromatic N) is 3. The van der Waals surface area contributed by atoms with Crippen LogP contribution in [0, 0.1) is 0 Å². The zero-order chi connectivity index (χ0) is 20.9. The van der Waals surface area contributed by atoms with Crippen molar-refractivity contribution in [3.63, 3.8) is 0 Å². The highest BCUT2D eigenvalue weighted by molar-refractivity contribution is 7.22. The third-order valence-corrected chi connectivity index (χ3v) is 6.63. The lowest BCUT2D eigenvalue weighted by molar-refractivity contribution is -0.118. The molecule has 0 saturated carbocycles. The van der Waals surface area contributed by atoms with Gasteiger partial charge in [-0.1, -0.05) is 79.8 Å². The number of carbonyl (C=O) groups is 1. The Hall–Kier alpha value is -2.76. The van der Waals surface area contributed by atoms with E-state index in [-0.39, 0.29) is 5.91 Å². The molecule has 154 valence electrons. The molecule has 0 bridgehead atoms. The summed E-state index contributed by atoms with van der Waals surface area (Å²) >= 11 is 1.59. The Morgan fingerprint density at radius 2 is 1.63 bits per heavy atom. The van der Waals surface area contributed by atoms with Crippen LogP contribution in [0.5, 0.6) is 0 Å². The molecule has 4 aromatic rings. The van der Waals surface area contributed by atoms with Crippen LogP contribution in [0.4, 0.5) is 5.13 Å². The number of para-hydroxylation sites is 1. The first-order chi connectivity index (χ1) is 14.7. The van der Waals surface area contributed by atoms with Crippen LogP contribution in [0.1, 0.15) is 19.4 Å². The molecule has 3 aromatic carbocycles. The molecule has 0 spiro atoms. The second-order valence-corrected chi connectivity index (χ2v) is 8.36. The van der Waals surface area contributed by atoms with Gasteiger partial charge in [0.05, 0.1) is 16.6 Å². The van der Waals surface area contributed by atoms with Crippen molar-refractivity contribution in [2.75, 3.05) is 31.1 Å². The van der Waals surface area contributed by atoms with Gasteiger partial charge in [-0.3, -0.25) is 9.69 Å². The van der Waals surface area contributed by atoms with E-state index in [4.69, 9.17) is 4.98 Å². The maximum atomic E-state index is 13.5. The number of rotatable bonds is 8. The number of hydrogen-bond donors (Lipinski definition) is 0. The molecule has 1 heterocycles. The van der Waals surface area contributed by atoms with Gasteiger partial charge >= 0.3 is 0 Å². The lowest BCUT2D eigenvalue weighted by atomic mass is 10.0. The molecule has 0 aliphatic rings.